The van der Waals surface area contributed by atoms with Gasteiger partial charge in [0, 0.05) is 18.3 Å². The van der Waals surface area contributed by atoms with E-state index in [1.165, 1.54) is 0 Å². The molecule has 1 saturated heterocycles. The van der Waals surface area contributed by atoms with Gasteiger partial charge in [-0.3, -0.25) is 4.79 Å². The lowest BCUT2D eigenvalue weighted by Crippen LogP contribution is -2.37. The predicted octanol–water partition coefficient (Wildman–Crippen LogP) is 1.78. The molecule has 0 saturated carbocycles. The van der Waals surface area contributed by atoms with Crippen LogP contribution in [0.25, 0.3) is 5.69 Å². The zero-order valence-corrected chi connectivity index (χ0v) is 12.1. The predicted molar refractivity (Wildman–Crippen MR) is 79.4 cm³/mol. The second-order valence-corrected chi connectivity index (χ2v) is 5.49. The first-order valence-electron chi connectivity index (χ1n) is 7.22. The molecule has 2 aromatic rings. The summed E-state index contributed by atoms with van der Waals surface area (Å²) in [7, 11) is 0. The smallest absolute Gasteiger partial charge is 0.254 e. The van der Waals surface area contributed by atoms with Gasteiger partial charge in [0.15, 0.2) is 0 Å². The van der Waals surface area contributed by atoms with E-state index >= 15 is 0 Å². The third-order valence-corrected chi connectivity index (χ3v) is 3.94. The van der Waals surface area contributed by atoms with E-state index in [9.17, 15) is 9.90 Å². The van der Waals surface area contributed by atoms with Crippen molar-refractivity contribution in [2.24, 2.45) is 0 Å². The Morgan fingerprint density at radius 3 is 2.76 bits per heavy atom. The summed E-state index contributed by atoms with van der Waals surface area (Å²) in [4.78, 5) is 14.2. The second-order valence-electron chi connectivity index (χ2n) is 5.49. The summed E-state index contributed by atoms with van der Waals surface area (Å²) in [6, 6.07) is 7.39. The molecule has 21 heavy (non-hydrogen) atoms. The number of hydrogen-bond donors (Lipinski definition) is 1. The van der Waals surface area contributed by atoms with Crippen LogP contribution in [0.1, 0.15) is 28.8 Å². The highest BCUT2D eigenvalue weighted by Crippen LogP contribution is 2.20. The molecule has 2 heterocycles. The van der Waals surface area contributed by atoms with E-state index in [0.29, 0.717) is 5.56 Å². The standard InChI is InChI=1S/C16H19N3O2/c1-12-9-17-19(10-12)14-6-4-13(5-7-14)16(21)18-8-2-3-15(18)11-20/h4-7,9-10,15,20H,2-3,8,11H2,1H3/t15-/m0/s1. The van der Waals surface area contributed by atoms with Crippen molar-refractivity contribution in [3.05, 3.63) is 47.8 Å². The molecule has 1 aliphatic heterocycles. The number of aromatic nitrogens is 2. The molecule has 1 atom stereocenters. The summed E-state index contributed by atoms with van der Waals surface area (Å²) in [5.41, 5.74) is 2.68. The van der Waals surface area contributed by atoms with Gasteiger partial charge in [0.1, 0.15) is 0 Å². The van der Waals surface area contributed by atoms with Gasteiger partial charge in [0.05, 0.1) is 24.5 Å². The molecule has 0 radical (unpaired) electrons. The number of nitrogens with zero attached hydrogens (tertiary/aromatic N) is 3. The summed E-state index contributed by atoms with van der Waals surface area (Å²) < 4.78 is 1.79. The van der Waals surface area contributed by atoms with Gasteiger partial charge in [0.25, 0.3) is 5.91 Å². The van der Waals surface area contributed by atoms with E-state index in [0.717, 1.165) is 30.6 Å². The Morgan fingerprint density at radius 2 is 2.14 bits per heavy atom. The maximum atomic E-state index is 12.5. The highest BCUT2D eigenvalue weighted by atomic mass is 16.3. The first-order valence-corrected chi connectivity index (χ1v) is 7.22. The molecule has 1 fully saturated rings. The van der Waals surface area contributed by atoms with E-state index in [2.05, 4.69) is 5.10 Å². The van der Waals surface area contributed by atoms with Crippen LogP contribution in [0.5, 0.6) is 0 Å². The number of rotatable bonds is 3. The third kappa shape index (κ3) is 2.69. The van der Waals surface area contributed by atoms with Gasteiger partial charge in [0.2, 0.25) is 0 Å². The average Bonchev–Trinajstić information content (AvgIpc) is 3.15. The average molecular weight is 285 g/mol. The van der Waals surface area contributed by atoms with Gasteiger partial charge in [-0.05, 0) is 49.6 Å². The van der Waals surface area contributed by atoms with Crippen molar-refractivity contribution in [1.29, 1.82) is 0 Å². The van der Waals surface area contributed by atoms with Gasteiger partial charge in [-0.2, -0.15) is 5.10 Å². The number of benzene rings is 1. The number of carbonyl (C=O) groups excluding carboxylic acids is 1. The van der Waals surface area contributed by atoms with Crippen LogP contribution in [0.4, 0.5) is 0 Å². The molecule has 1 N–H and O–H groups in total. The summed E-state index contributed by atoms with van der Waals surface area (Å²) in [5, 5.41) is 13.6. The zero-order valence-electron chi connectivity index (χ0n) is 12.1. The molecule has 0 spiro atoms. The van der Waals surface area contributed by atoms with E-state index in [1.807, 2.05) is 37.4 Å². The normalized spacial score (nSPS) is 18.2. The maximum absolute atomic E-state index is 12.5. The first kappa shape index (κ1) is 13.8. The third-order valence-electron chi connectivity index (χ3n) is 3.94. The molecule has 0 unspecified atom stereocenters. The fourth-order valence-corrected chi connectivity index (χ4v) is 2.77. The summed E-state index contributed by atoms with van der Waals surface area (Å²) >= 11 is 0. The molecule has 1 amide bonds. The first-order chi connectivity index (χ1) is 10.2. The molecule has 110 valence electrons. The van der Waals surface area contributed by atoms with Crippen molar-refractivity contribution in [2.45, 2.75) is 25.8 Å². The van der Waals surface area contributed by atoms with Gasteiger partial charge in [-0.15, -0.1) is 0 Å². The highest BCUT2D eigenvalue weighted by Gasteiger charge is 2.28. The highest BCUT2D eigenvalue weighted by molar-refractivity contribution is 5.94. The van der Waals surface area contributed by atoms with Crippen molar-refractivity contribution in [2.75, 3.05) is 13.2 Å². The number of amides is 1. The van der Waals surface area contributed by atoms with Crippen LogP contribution in [0, 0.1) is 6.92 Å². The lowest BCUT2D eigenvalue weighted by Gasteiger charge is -2.23. The van der Waals surface area contributed by atoms with E-state index in [-0.39, 0.29) is 18.6 Å². The molecular weight excluding hydrogens is 266 g/mol. The maximum Gasteiger partial charge on any atom is 0.254 e. The van der Waals surface area contributed by atoms with E-state index < -0.39 is 0 Å². The number of aliphatic hydroxyl groups excluding tert-OH is 1. The van der Waals surface area contributed by atoms with Gasteiger partial charge in [-0.25, -0.2) is 4.68 Å². The number of hydrogen-bond acceptors (Lipinski definition) is 3. The van der Waals surface area contributed by atoms with Crippen LogP contribution < -0.4 is 0 Å². The van der Waals surface area contributed by atoms with Crippen LogP contribution in [-0.2, 0) is 0 Å². The van der Waals surface area contributed by atoms with Crippen LogP contribution in [-0.4, -0.2) is 44.9 Å². The lowest BCUT2D eigenvalue weighted by molar-refractivity contribution is 0.0677. The fourth-order valence-electron chi connectivity index (χ4n) is 2.77. The van der Waals surface area contributed by atoms with Crippen molar-refractivity contribution in [1.82, 2.24) is 14.7 Å². The van der Waals surface area contributed by atoms with Crippen LogP contribution in [0.2, 0.25) is 0 Å². The molecular formula is C16H19N3O2. The molecule has 1 aliphatic rings. The van der Waals surface area contributed by atoms with Crippen LogP contribution in [0.3, 0.4) is 0 Å². The zero-order chi connectivity index (χ0) is 14.8. The minimum absolute atomic E-state index is 0.00486. The largest absolute Gasteiger partial charge is 0.394 e. The number of likely N-dealkylation sites (tertiary alicyclic amines) is 1. The van der Waals surface area contributed by atoms with Gasteiger partial charge < -0.3 is 10.0 Å². The topological polar surface area (TPSA) is 58.4 Å². The van der Waals surface area contributed by atoms with Gasteiger partial charge >= 0.3 is 0 Å². The molecule has 5 nitrogen and oxygen atoms in total. The summed E-state index contributed by atoms with van der Waals surface area (Å²) in [6.07, 6.45) is 5.59. The van der Waals surface area contributed by atoms with Crippen molar-refractivity contribution in [3.63, 3.8) is 0 Å². The number of aryl methyl sites for hydroxylation is 1. The molecule has 5 heteroatoms. The number of carbonyl (C=O) groups is 1. The molecule has 0 bridgehead atoms. The van der Waals surface area contributed by atoms with Crippen LogP contribution in [0.15, 0.2) is 36.7 Å². The fraction of sp³-hybridized carbons (Fsp3) is 0.375. The van der Waals surface area contributed by atoms with E-state index in [4.69, 9.17) is 0 Å². The summed E-state index contributed by atoms with van der Waals surface area (Å²) in [6.45, 7) is 2.75. The minimum Gasteiger partial charge on any atom is -0.394 e. The van der Waals surface area contributed by atoms with Gasteiger partial charge in [-0.1, -0.05) is 0 Å². The van der Waals surface area contributed by atoms with Crippen LogP contribution >= 0.6 is 0 Å². The summed E-state index contributed by atoms with van der Waals surface area (Å²) in [5.74, 6) is -0.00486. The Morgan fingerprint density at radius 1 is 1.38 bits per heavy atom. The van der Waals surface area contributed by atoms with Crippen molar-refractivity contribution < 1.29 is 9.90 Å². The molecule has 1 aromatic heterocycles. The Hall–Kier alpha value is -2.14. The monoisotopic (exact) mass is 285 g/mol. The second kappa shape index (κ2) is 5.69. The Bertz CT molecular complexity index is 633. The lowest BCUT2D eigenvalue weighted by atomic mass is 10.1. The SMILES string of the molecule is Cc1cnn(-c2ccc(C(=O)N3CCC[C@H]3CO)cc2)c1. The Kier molecular flexibility index (Phi) is 3.75. The molecule has 0 aliphatic carbocycles. The van der Waals surface area contributed by atoms with E-state index in [1.54, 1.807) is 15.8 Å². The number of aliphatic hydroxyl groups is 1. The van der Waals surface area contributed by atoms with Crippen molar-refractivity contribution in [3.8, 4) is 5.69 Å². The van der Waals surface area contributed by atoms with Crippen molar-refractivity contribution >= 4 is 5.91 Å². The molecule has 3 rings (SSSR count). The molecule has 1 aromatic carbocycles. The minimum atomic E-state index is -0.0362. The Balaban J connectivity index is 1.79. The Labute approximate surface area is 123 Å². The quantitative estimate of drug-likeness (QED) is 0.935.